The van der Waals surface area contributed by atoms with E-state index in [0.717, 1.165) is 28.1 Å². The molecule has 0 N–H and O–H groups in total. The molecular weight excluding hydrogens is 370 g/mol. The van der Waals surface area contributed by atoms with E-state index in [1.54, 1.807) is 28.4 Å². The van der Waals surface area contributed by atoms with E-state index in [1.165, 1.54) is 12.1 Å². The number of likely N-dealkylation sites (tertiary alicyclic amines) is 1. The number of nitrogens with zero attached hydrogens (tertiary/aromatic N) is 2. The maximum absolute atomic E-state index is 12.9. The lowest BCUT2D eigenvalue weighted by Gasteiger charge is -2.32. The fourth-order valence-corrected chi connectivity index (χ4v) is 4.51. The Hall–Kier alpha value is -2.54. The summed E-state index contributed by atoms with van der Waals surface area (Å²) in [6, 6.07) is 14.0. The lowest BCUT2D eigenvalue weighted by atomic mass is 9.98. The highest BCUT2D eigenvalue weighted by atomic mass is 32.1. The van der Waals surface area contributed by atoms with Gasteiger partial charge in [0.25, 0.3) is 5.91 Å². The molecule has 1 amide bonds. The first-order valence-electron chi connectivity index (χ1n) is 8.80. The lowest BCUT2D eigenvalue weighted by Crippen LogP contribution is -2.39. The quantitative estimate of drug-likeness (QED) is 0.637. The van der Waals surface area contributed by atoms with Gasteiger partial charge in [0.05, 0.1) is 15.2 Å². The number of hydrogen-bond acceptors (Lipinski definition) is 4. The molecule has 0 bridgehead atoms. The van der Waals surface area contributed by atoms with E-state index in [9.17, 15) is 13.6 Å². The van der Waals surface area contributed by atoms with Crippen LogP contribution in [0.25, 0.3) is 10.2 Å². The van der Waals surface area contributed by atoms with Gasteiger partial charge in [-0.2, -0.15) is 8.78 Å². The van der Waals surface area contributed by atoms with Crippen LogP contribution in [0.3, 0.4) is 0 Å². The summed E-state index contributed by atoms with van der Waals surface area (Å²) in [6.07, 6.45) is 1.87. The number of rotatable bonds is 4. The van der Waals surface area contributed by atoms with Gasteiger partial charge >= 0.3 is 6.61 Å². The number of alkyl halides is 2. The van der Waals surface area contributed by atoms with Crippen LogP contribution in [-0.4, -0.2) is 35.5 Å². The molecule has 0 spiro atoms. The molecule has 1 saturated heterocycles. The van der Waals surface area contributed by atoms with Crippen molar-refractivity contribution < 1.29 is 18.3 Å². The molecule has 0 radical (unpaired) electrons. The minimum absolute atomic E-state index is 0.00409. The van der Waals surface area contributed by atoms with Gasteiger partial charge in [-0.25, -0.2) is 4.98 Å². The third-order valence-electron chi connectivity index (χ3n) is 4.67. The van der Waals surface area contributed by atoms with Crippen molar-refractivity contribution in [2.75, 3.05) is 13.1 Å². The third kappa shape index (κ3) is 3.93. The lowest BCUT2D eigenvalue weighted by molar-refractivity contribution is -0.0499. The number of carbonyl (C=O) groups is 1. The molecule has 140 valence electrons. The van der Waals surface area contributed by atoms with Gasteiger partial charge in [0.15, 0.2) is 0 Å². The first-order valence-corrected chi connectivity index (χ1v) is 9.61. The zero-order valence-corrected chi connectivity index (χ0v) is 15.3. The van der Waals surface area contributed by atoms with Crippen molar-refractivity contribution in [3.8, 4) is 5.75 Å². The fraction of sp³-hybridized carbons (Fsp3) is 0.300. The molecule has 27 heavy (non-hydrogen) atoms. The molecule has 1 atom stereocenters. The number of benzene rings is 2. The molecule has 3 aromatic rings. The summed E-state index contributed by atoms with van der Waals surface area (Å²) < 4.78 is 30.4. The number of halogens is 2. The molecule has 1 fully saturated rings. The van der Waals surface area contributed by atoms with Crippen LogP contribution in [0.5, 0.6) is 5.75 Å². The Kier molecular flexibility index (Phi) is 5.03. The molecule has 4 rings (SSSR count). The van der Waals surface area contributed by atoms with Crippen LogP contribution in [0.15, 0.2) is 48.5 Å². The van der Waals surface area contributed by atoms with Crippen molar-refractivity contribution >= 4 is 27.5 Å². The summed E-state index contributed by atoms with van der Waals surface area (Å²) in [6.45, 7) is -1.67. The van der Waals surface area contributed by atoms with Gasteiger partial charge in [0, 0.05) is 24.6 Å². The molecule has 1 aromatic heterocycles. The van der Waals surface area contributed by atoms with Gasteiger partial charge in [0.2, 0.25) is 0 Å². The smallest absolute Gasteiger partial charge is 0.387 e. The van der Waals surface area contributed by atoms with E-state index >= 15 is 0 Å². The van der Waals surface area contributed by atoms with E-state index in [2.05, 4.69) is 10.8 Å². The first-order chi connectivity index (χ1) is 13.1. The van der Waals surface area contributed by atoms with Crippen LogP contribution in [0.4, 0.5) is 8.78 Å². The van der Waals surface area contributed by atoms with Gasteiger partial charge in [-0.15, -0.1) is 11.3 Å². The molecule has 2 aromatic carbocycles. The number of amides is 1. The molecule has 2 heterocycles. The minimum Gasteiger partial charge on any atom is -0.435 e. The summed E-state index contributed by atoms with van der Waals surface area (Å²) in [5, 5.41) is 1.04. The number of hydrogen-bond donors (Lipinski definition) is 0. The molecular formula is C20H18F2N2O2S. The second-order valence-corrected chi connectivity index (χ2v) is 7.58. The first kappa shape index (κ1) is 17.9. The van der Waals surface area contributed by atoms with E-state index in [0.29, 0.717) is 18.7 Å². The van der Waals surface area contributed by atoms with E-state index < -0.39 is 6.61 Å². The molecule has 7 heteroatoms. The van der Waals surface area contributed by atoms with Crippen molar-refractivity contribution in [2.45, 2.75) is 25.4 Å². The predicted molar refractivity (Wildman–Crippen MR) is 101 cm³/mol. The van der Waals surface area contributed by atoms with E-state index in [-0.39, 0.29) is 17.6 Å². The van der Waals surface area contributed by atoms with E-state index in [4.69, 9.17) is 4.98 Å². The standard InChI is InChI=1S/C20H18F2N2O2S/c21-20(22)26-15-7-3-5-13(11-15)19(25)24-10-4-6-14(12-24)18-23-16-8-1-2-9-17(16)27-18/h1-3,5,7-9,11,14,20H,4,6,10,12H2/t14-/m1/s1. The number of ether oxygens (including phenoxy) is 1. The van der Waals surface area contributed by atoms with Crippen LogP contribution in [-0.2, 0) is 0 Å². The maximum Gasteiger partial charge on any atom is 0.387 e. The van der Waals surface area contributed by atoms with Crippen LogP contribution in [0.2, 0.25) is 0 Å². The van der Waals surface area contributed by atoms with Crippen LogP contribution >= 0.6 is 11.3 Å². The molecule has 0 aliphatic carbocycles. The average molecular weight is 388 g/mol. The molecule has 4 nitrogen and oxygen atoms in total. The second-order valence-electron chi connectivity index (χ2n) is 6.52. The Labute approximate surface area is 159 Å². The number of thiazole rings is 1. The summed E-state index contributed by atoms with van der Waals surface area (Å²) in [7, 11) is 0. The van der Waals surface area contributed by atoms with Crippen molar-refractivity contribution in [3.05, 3.63) is 59.1 Å². The number of carbonyl (C=O) groups excluding carboxylic acids is 1. The topological polar surface area (TPSA) is 42.4 Å². The number of piperidine rings is 1. The molecule has 1 aliphatic rings. The Morgan fingerprint density at radius 1 is 1.22 bits per heavy atom. The average Bonchev–Trinajstić information content (AvgIpc) is 3.11. The number of para-hydroxylation sites is 1. The summed E-state index contributed by atoms with van der Waals surface area (Å²) >= 11 is 1.67. The zero-order chi connectivity index (χ0) is 18.8. The van der Waals surface area contributed by atoms with E-state index in [1.807, 2.05) is 18.2 Å². The number of aromatic nitrogens is 1. The third-order valence-corrected chi connectivity index (χ3v) is 5.87. The second kappa shape index (κ2) is 7.60. The summed E-state index contributed by atoms with van der Waals surface area (Å²) in [4.78, 5) is 19.4. The monoisotopic (exact) mass is 388 g/mol. The van der Waals surface area contributed by atoms with Crippen LogP contribution < -0.4 is 4.74 Å². The Bertz CT molecular complexity index is 927. The summed E-state index contributed by atoms with van der Waals surface area (Å²) in [5.74, 6) is 0.0247. The Balaban J connectivity index is 1.51. The molecule has 0 unspecified atom stereocenters. The maximum atomic E-state index is 12.9. The Morgan fingerprint density at radius 2 is 2.07 bits per heavy atom. The minimum atomic E-state index is -2.91. The SMILES string of the molecule is O=C(c1cccc(OC(F)F)c1)N1CCC[C@@H](c2nc3ccccc3s2)C1. The predicted octanol–water partition coefficient (Wildman–Crippen LogP) is 4.92. The highest BCUT2D eigenvalue weighted by Gasteiger charge is 2.27. The van der Waals surface area contributed by atoms with Crippen molar-refractivity contribution in [3.63, 3.8) is 0 Å². The Morgan fingerprint density at radius 3 is 2.89 bits per heavy atom. The van der Waals surface area contributed by atoms with Gasteiger partial charge in [-0.1, -0.05) is 18.2 Å². The van der Waals surface area contributed by atoms with Crippen LogP contribution in [0.1, 0.15) is 34.1 Å². The largest absolute Gasteiger partial charge is 0.435 e. The van der Waals surface area contributed by atoms with Crippen LogP contribution in [0, 0.1) is 0 Å². The van der Waals surface area contributed by atoms with Crippen molar-refractivity contribution in [1.82, 2.24) is 9.88 Å². The van der Waals surface area contributed by atoms with Gasteiger partial charge in [0.1, 0.15) is 5.75 Å². The zero-order valence-electron chi connectivity index (χ0n) is 14.5. The summed E-state index contributed by atoms with van der Waals surface area (Å²) in [5.41, 5.74) is 1.34. The van der Waals surface area contributed by atoms with Gasteiger partial charge in [-0.05, 0) is 43.2 Å². The fourth-order valence-electron chi connectivity index (χ4n) is 3.42. The molecule has 1 aliphatic heterocycles. The highest BCUT2D eigenvalue weighted by molar-refractivity contribution is 7.18. The van der Waals surface area contributed by atoms with Crippen molar-refractivity contribution in [1.29, 1.82) is 0 Å². The molecule has 0 saturated carbocycles. The highest BCUT2D eigenvalue weighted by Crippen LogP contribution is 2.33. The normalized spacial score (nSPS) is 17.4. The van der Waals surface area contributed by atoms with Gasteiger partial charge in [-0.3, -0.25) is 4.79 Å². The van der Waals surface area contributed by atoms with Crippen molar-refractivity contribution in [2.24, 2.45) is 0 Å². The van der Waals surface area contributed by atoms with Gasteiger partial charge < -0.3 is 9.64 Å². The number of fused-ring (bicyclic) bond motifs is 1.